The third-order valence-electron chi connectivity index (χ3n) is 5.37. The Morgan fingerprint density at radius 3 is 2.48 bits per heavy atom. The summed E-state index contributed by atoms with van der Waals surface area (Å²) in [4.78, 5) is 23.3. The van der Waals surface area contributed by atoms with Gasteiger partial charge in [-0.3, -0.25) is 4.79 Å². The molecule has 0 saturated heterocycles. The van der Waals surface area contributed by atoms with Crippen LogP contribution in [-0.2, 0) is 4.79 Å². The molecule has 31 heavy (non-hydrogen) atoms. The number of hydrogen-bond acceptors (Lipinski definition) is 6. The molecule has 1 N–H and O–H groups in total. The summed E-state index contributed by atoms with van der Waals surface area (Å²) in [5.41, 5.74) is 10.2. The van der Waals surface area contributed by atoms with E-state index in [4.69, 9.17) is 0 Å². The van der Waals surface area contributed by atoms with Gasteiger partial charge in [0.1, 0.15) is 0 Å². The maximum absolute atomic E-state index is 12.2. The first-order valence-electron chi connectivity index (χ1n) is 10.5. The lowest BCUT2D eigenvalue weighted by molar-refractivity contribution is -0.118. The number of hydrogen-bond donors (Lipinski definition) is 1. The number of anilines is 1. The number of carbonyl (C=O) groups is 1. The molecule has 2 heterocycles. The predicted octanol–water partition coefficient (Wildman–Crippen LogP) is 4.67. The van der Waals surface area contributed by atoms with Gasteiger partial charge in [0.05, 0.1) is 17.5 Å². The Labute approximate surface area is 189 Å². The Morgan fingerprint density at radius 1 is 1.16 bits per heavy atom. The number of nitrogens with one attached hydrogen (secondary N) is 1. The van der Waals surface area contributed by atoms with Gasteiger partial charge in [-0.2, -0.15) is 5.10 Å². The van der Waals surface area contributed by atoms with Gasteiger partial charge in [0.25, 0.3) is 5.91 Å². The van der Waals surface area contributed by atoms with E-state index < -0.39 is 0 Å². The van der Waals surface area contributed by atoms with Gasteiger partial charge in [-0.1, -0.05) is 17.8 Å². The largest absolute Gasteiger partial charge is 0.363 e. The number of allylic oxidation sites excluding steroid dienone is 1. The first-order chi connectivity index (χ1) is 14.6. The van der Waals surface area contributed by atoms with Crippen LogP contribution in [0.25, 0.3) is 5.57 Å². The van der Waals surface area contributed by atoms with Crippen LogP contribution in [0.15, 0.2) is 34.5 Å². The SMILES string of the molecule is CCN1c2cc(C)c(/C=N\NC(=O)CSc3nc(C)cc(C)n3)cc2C(C)=CC1(C)C. The number of rotatable bonds is 6. The number of aryl methyl sites for hydroxylation is 3. The van der Waals surface area contributed by atoms with E-state index in [2.05, 4.69) is 78.2 Å². The minimum atomic E-state index is -0.186. The van der Waals surface area contributed by atoms with Crippen molar-refractivity contribution in [2.45, 2.75) is 59.2 Å². The highest BCUT2D eigenvalue weighted by Gasteiger charge is 2.30. The zero-order valence-corrected chi connectivity index (χ0v) is 20.2. The monoisotopic (exact) mass is 437 g/mol. The number of aromatic nitrogens is 2. The fraction of sp³-hybridized carbons (Fsp3) is 0.417. The van der Waals surface area contributed by atoms with Crippen molar-refractivity contribution in [3.05, 3.63) is 52.4 Å². The van der Waals surface area contributed by atoms with E-state index >= 15 is 0 Å². The van der Waals surface area contributed by atoms with Crippen LogP contribution >= 0.6 is 11.8 Å². The minimum absolute atomic E-state index is 0.0148. The highest BCUT2D eigenvalue weighted by Crippen LogP contribution is 2.39. The summed E-state index contributed by atoms with van der Waals surface area (Å²) >= 11 is 1.31. The molecule has 0 atom stereocenters. The molecule has 1 aromatic heterocycles. The molecule has 1 aromatic carbocycles. The van der Waals surface area contributed by atoms with Gasteiger partial charge in [-0.05, 0) is 83.4 Å². The summed E-state index contributed by atoms with van der Waals surface area (Å²) in [5.74, 6) is 0.0285. The second kappa shape index (κ2) is 9.22. The van der Waals surface area contributed by atoms with Gasteiger partial charge in [-0.25, -0.2) is 15.4 Å². The molecule has 0 saturated carbocycles. The maximum atomic E-state index is 12.2. The van der Waals surface area contributed by atoms with E-state index in [1.54, 1.807) is 6.21 Å². The minimum Gasteiger partial charge on any atom is -0.363 e. The summed E-state index contributed by atoms with van der Waals surface area (Å²) < 4.78 is 0. The van der Waals surface area contributed by atoms with Gasteiger partial charge in [0.15, 0.2) is 5.16 Å². The summed E-state index contributed by atoms with van der Waals surface area (Å²) in [6.45, 7) is 15.7. The van der Waals surface area contributed by atoms with Crippen LogP contribution in [0, 0.1) is 20.8 Å². The molecule has 1 aliphatic heterocycles. The highest BCUT2D eigenvalue weighted by molar-refractivity contribution is 7.99. The fourth-order valence-corrected chi connectivity index (χ4v) is 4.80. The molecule has 2 aromatic rings. The summed E-state index contributed by atoms with van der Waals surface area (Å²) in [6, 6.07) is 6.28. The number of thioether (sulfide) groups is 1. The first kappa shape index (κ1) is 23.0. The Hall–Kier alpha value is -2.67. The van der Waals surface area contributed by atoms with Crippen LogP contribution in [0.1, 0.15) is 55.8 Å². The highest BCUT2D eigenvalue weighted by atomic mass is 32.2. The van der Waals surface area contributed by atoms with Crippen molar-refractivity contribution in [1.82, 2.24) is 15.4 Å². The third kappa shape index (κ3) is 5.34. The molecule has 1 amide bonds. The standard InChI is InChI=1S/C24H31N5OS/c1-8-29-21-9-15(2)19(11-20(21)16(3)12-24(29,6)7)13-25-28-22(30)14-31-23-26-17(4)10-18(5)27-23/h9-13H,8,14H2,1-7H3,(H,28,30)/b25-13-. The smallest absolute Gasteiger partial charge is 0.250 e. The van der Waals surface area contributed by atoms with E-state index in [1.165, 1.54) is 28.6 Å². The molecule has 0 fully saturated rings. The van der Waals surface area contributed by atoms with Crippen molar-refractivity contribution >= 4 is 35.1 Å². The van der Waals surface area contributed by atoms with Crippen LogP contribution in [0.3, 0.4) is 0 Å². The Balaban J connectivity index is 1.69. The normalized spacial score (nSPS) is 15.1. The lowest BCUT2D eigenvalue weighted by atomic mass is 9.87. The second-order valence-corrected chi connectivity index (χ2v) is 9.41. The predicted molar refractivity (Wildman–Crippen MR) is 130 cm³/mol. The quantitative estimate of drug-likeness (QED) is 0.308. The first-order valence-corrected chi connectivity index (χ1v) is 11.5. The molecule has 1 aliphatic rings. The third-order valence-corrected chi connectivity index (χ3v) is 6.22. The van der Waals surface area contributed by atoms with Crippen molar-refractivity contribution in [1.29, 1.82) is 0 Å². The fourth-order valence-electron chi connectivity index (χ4n) is 4.06. The molecule has 0 unspecified atom stereocenters. The van der Waals surface area contributed by atoms with Crippen LogP contribution in [0.5, 0.6) is 0 Å². The number of carbonyl (C=O) groups excluding carboxylic acids is 1. The Bertz CT molecular complexity index is 1040. The van der Waals surface area contributed by atoms with Crippen LogP contribution in [0.4, 0.5) is 5.69 Å². The van der Waals surface area contributed by atoms with Gasteiger partial charge in [-0.15, -0.1) is 0 Å². The number of fused-ring (bicyclic) bond motifs is 1. The molecule has 3 rings (SSSR count). The van der Waals surface area contributed by atoms with Crippen LogP contribution in [0.2, 0.25) is 0 Å². The molecule has 164 valence electrons. The zero-order valence-electron chi connectivity index (χ0n) is 19.4. The molecule has 6 nitrogen and oxygen atoms in total. The van der Waals surface area contributed by atoms with E-state index in [9.17, 15) is 4.79 Å². The second-order valence-electron chi connectivity index (χ2n) is 8.47. The zero-order chi connectivity index (χ0) is 22.8. The Morgan fingerprint density at radius 2 is 1.84 bits per heavy atom. The molecule has 7 heteroatoms. The average Bonchev–Trinajstić information content (AvgIpc) is 2.66. The van der Waals surface area contributed by atoms with Crippen LogP contribution in [-0.4, -0.2) is 39.9 Å². The van der Waals surface area contributed by atoms with Crippen molar-refractivity contribution in [2.75, 3.05) is 17.2 Å². The van der Waals surface area contributed by atoms with Crippen LogP contribution < -0.4 is 10.3 Å². The summed E-state index contributed by atoms with van der Waals surface area (Å²) in [6.07, 6.45) is 4.03. The van der Waals surface area contributed by atoms with Gasteiger partial charge < -0.3 is 4.90 Å². The number of nitrogens with zero attached hydrogens (tertiary/aromatic N) is 4. The molecule has 0 bridgehead atoms. The van der Waals surface area contributed by atoms with E-state index in [0.29, 0.717) is 5.16 Å². The Kier molecular flexibility index (Phi) is 6.84. The van der Waals surface area contributed by atoms with Gasteiger partial charge in [0.2, 0.25) is 0 Å². The molecular formula is C24H31N5OS. The summed E-state index contributed by atoms with van der Waals surface area (Å²) in [7, 11) is 0. The molecule has 0 radical (unpaired) electrons. The number of benzene rings is 1. The summed E-state index contributed by atoms with van der Waals surface area (Å²) in [5, 5.41) is 4.78. The number of amides is 1. The molecule has 0 spiro atoms. The van der Waals surface area contributed by atoms with Crippen molar-refractivity contribution < 1.29 is 4.79 Å². The van der Waals surface area contributed by atoms with Crippen molar-refractivity contribution in [3.8, 4) is 0 Å². The number of likely N-dealkylation sites (N-methyl/N-ethyl adjacent to an activating group) is 1. The lowest BCUT2D eigenvalue weighted by Crippen LogP contribution is -2.45. The van der Waals surface area contributed by atoms with Crippen molar-refractivity contribution in [2.24, 2.45) is 5.10 Å². The lowest BCUT2D eigenvalue weighted by Gasteiger charge is -2.43. The maximum Gasteiger partial charge on any atom is 0.250 e. The van der Waals surface area contributed by atoms with E-state index in [1.807, 2.05) is 19.9 Å². The molecule has 0 aliphatic carbocycles. The van der Waals surface area contributed by atoms with E-state index in [-0.39, 0.29) is 17.2 Å². The van der Waals surface area contributed by atoms with E-state index in [0.717, 1.165) is 29.1 Å². The topological polar surface area (TPSA) is 70.5 Å². The van der Waals surface area contributed by atoms with Gasteiger partial charge >= 0.3 is 0 Å². The molecular weight excluding hydrogens is 406 g/mol. The number of hydrazone groups is 1. The van der Waals surface area contributed by atoms with Crippen molar-refractivity contribution in [3.63, 3.8) is 0 Å². The average molecular weight is 438 g/mol. The van der Waals surface area contributed by atoms with Gasteiger partial charge in [0, 0.05) is 29.2 Å².